The van der Waals surface area contributed by atoms with E-state index in [-0.39, 0.29) is 68.1 Å². The van der Waals surface area contributed by atoms with E-state index in [9.17, 15) is 71.9 Å². The number of alkyl halides is 12. The van der Waals surface area contributed by atoms with Crippen molar-refractivity contribution in [3.05, 3.63) is 129 Å². The molecule has 0 aromatic heterocycles. The number of hydrogen-bond donors (Lipinski definition) is 0. The summed E-state index contributed by atoms with van der Waals surface area (Å²) in [6, 6.07) is 8.98. The van der Waals surface area contributed by atoms with Gasteiger partial charge in [-0.1, -0.05) is 36.4 Å². The van der Waals surface area contributed by atoms with E-state index in [2.05, 4.69) is 9.47 Å². The van der Waals surface area contributed by atoms with Crippen molar-refractivity contribution in [2.24, 2.45) is 0 Å². The van der Waals surface area contributed by atoms with Crippen LogP contribution >= 0.6 is 0 Å². The molecule has 294 valence electrons. The number of cyclic esters (lactones) is 4. The van der Waals surface area contributed by atoms with E-state index < -0.39 is 104 Å². The monoisotopic (exact) mass is 818 g/mol. The molecule has 8 rings (SSSR count). The van der Waals surface area contributed by atoms with Crippen molar-refractivity contribution in [1.82, 2.24) is 0 Å². The van der Waals surface area contributed by atoms with Crippen molar-refractivity contribution in [2.75, 3.05) is 0 Å². The molecule has 2 aliphatic heterocycles. The summed E-state index contributed by atoms with van der Waals surface area (Å²) in [6.45, 7) is 0. The minimum absolute atomic E-state index is 0.158. The first-order valence-corrected chi connectivity index (χ1v) is 16.3. The molecule has 0 amide bonds. The van der Waals surface area contributed by atoms with Crippen LogP contribution in [-0.4, -0.2) is 23.9 Å². The summed E-state index contributed by atoms with van der Waals surface area (Å²) in [5.41, 5.74) is -17.5. The Morgan fingerprint density at radius 2 is 0.552 bits per heavy atom. The summed E-state index contributed by atoms with van der Waals surface area (Å²) in [7, 11) is 0. The van der Waals surface area contributed by atoms with Crippen LogP contribution in [-0.2, 0) is 34.2 Å². The van der Waals surface area contributed by atoms with Gasteiger partial charge in [-0.2, -0.15) is 52.7 Å². The summed E-state index contributed by atoms with van der Waals surface area (Å²) in [5.74, 6) is -4.91. The fourth-order valence-electron chi connectivity index (χ4n) is 7.38. The second kappa shape index (κ2) is 12.4. The molecular weight excluding hydrogens is 804 g/mol. The zero-order chi connectivity index (χ0) is 42.0. The molecule has 0 saturated carbocycles. The number of carbonyl (C=O) groups is 4. The smallest absolute Gasteiger partial charge is 0.386 e. The lowest BCUT2D eigenvalue weighted by Gasteiger charge is -2.25. The van der Waals surface area contributed by atoms with Crippen LogP contribution in [0.2, 0.25) is 0 Å². The molecule has 2 heterocycles. The van der Waals surface area contributed by atoms with Gasteiger partial charge >= 0.3 is 48.6 Å². The lowest BCUT2D eigenvalue weighted by molar-refractivity contribution is -0.141. The molecule has 0 spiro atoms. The molecule has 0 saturated heterocycles. The molecule has 6 aromatic carbocycles. The Balaban J connectivity index is 1.46. The average Bonchev–Trinajstić information content (AvgIpc) is 3.13. The Kier molecular flexibility index (Phi) is 8.15. The zero-order valence-corrected chi connectivity index (χ0v) is 28.1. The third kappa shape index (κ3) is 5.92. The molecule has 0 unspecified atom stereocenters. The van der Waals surface area contributed by atoms with Crippen LogP contribution in [0.5, 0.6) is 0 Å². The molecule has 0 atom stereocenters. The third-order valence-electron chi connectivity index (χ3n) is 9.74. The Hall–Kier alpha value is -6.72. The van der Waals surface area contributed by atoms with Crippen LogP contribution < -0.4 is 0 Å². The van der Waals surface area contributed by atoms with Crippen LogP contribution in [0.4, 0.5) is 52.7 Å². The van der Waals surface area contributed by atoms with Gasteiger partial charge in [-0.25, -0.2) is 19.2 Å². The highest BCUT2D eigenvalue weighted by atomic mass is 19.4. The van der Waals surface area contributed by atoms with E-state index in [1.807, 2.05) is 0 Å². The first-order chi connectivity index (χ1) is 27.0. The molecule has 18 heteroatoms. The minimum Gasteiger partial charge on any atom is -0.386 e. The van der Waals surface area contributed by atoms with E-state index in [0.29, 0.717) is 0 Å². The SMILES string of the molecule is O=C1OC(=O)c2ccc(-c3cc(C(F)(F)F)c(-c4cc(C(F)(F)F)c(-c5ccc6c7c(cccc57)C(=O)OC6=O)cc4C(F)(F)F)cc3C(F)(F)F)c3cccc1c23. The highest BCUT2D eigenvalue weighted by Gasteiger charge is 2.45. The normalized spacial score (nSPS) is 14.6. The largest absolute Gasteiger partial charge is 0.417 e. The van der Waals surface area contributed by atoms with Crippen LogP contribution in [0.1, 0.15) is 63.7 Å². The summed E-state index contributed by atoms with van der Waals surface area (Å²) >= 11 is 0. The number of carbonyl (C=O) groups excluding carboxylic acids is 4. The van der Waals surface area contributed by atoms with Gasteiger partial charge in [-0.05, 0) is 92.7 Å². The fourth-order valence-corrected chi connectivity index (χ4v) is 7.38. The van der Waals surface area contributed by atoms with Gasteiger partial charge in [0.25, 0.3) is 0 Å². The van der Waals surface area contributed by atoms with E-state index >= 15 is 0 Å². The van der Waals surface area contributed by atoms with Gasteiger partial charge in [0.05, 0.1) is 44.5 Å². The number of rotatable bonds is 3. The Labute approximate surface area is 314 Å². The van der Waals surface area contributed by atoms with Crippen LogP contribution in [0.25, 0.3) is 54.9 Å². The van der Waals surface area contributed by atoms with Gasteiger partial charge in [-0.3, -0.25) is 0 Å². The fraction of sp³-hybridized carbons (Fsp3) is 0.100. The second-order valence-corrected chi connectivity index (χ2v) is 13.0. The van der Waals surface area contributed by atoms with E-state index in [1.54, 1.807) is 0 Å². The molecule has 6 nitrogen and oxygen atoms in total. The van der Waals surface area contributed by atoms with E-state index in [0.717, 1.165) is 60.7 Å². The van der Waals surface area contributed by atoms with Crippen molar-refractivity contribution >= 4 is 45.4 Å². The minimum atomic E-state index is -5.81. The van der Waals surface area contributed by atoms with Crippen molar-refractivity contribution in [2.45, 2.75) is 24.7 Å². The zero-order valence-electron chi connectivity index (χ0n) is 28.1. The molecule has 6 aromatic rings. The van der Waals surface area contributed by atoms with Crippen molar-refractivity contribution in [3.63, 3.8) is 0 Å². The van der Waals surface area contributed by atoms with Gasteiger partial charge in [0.2, 0.25) is 0 Å². The average molecular weight is 819 g/mol. The maximum absolute atomic E-state index is 15.0. The van der Waals surface area contributed by atoms with E-state index in [1.165, 1.54) is 0 Å². The van der Waals surface area contributed by atoms with E-state index in [4.69, 9.17) is 0 Å². The van der Waals surface area contributed by atoms with Crippen LogP contribution in [0.15, 0.2) is 84.9 Å². The quantitative estimate of drug-likeness (QED) is 0.100. The number of halogens is 12. The van der Waals surface area contributed by atoms with Crippen LogP contribution in [0.3, 0.4) is 0 Å². The molecule has 58 heavy (non-hydrogen) atoms. The lowest BCUT2D eigenvalue weighted by atomic mass is 9.83. The lowest BCUT2D eigenvalue weighted by Crippen LogP contribution is -2.20. The summed E-state index contributed by atoms with van der Waals surface area (Å²) in [6.07, 6.45) is -23.0. The third-order valence-corrected chi connectivity index (χ3v) is 9.74. The van der Waals surface area contributed by atoms with Gasteiger partial charge in [0.1, 0.15) is 0 Å². The number of hydrogen-bond acceptors (Lipinski definition) is 6. The predicted molar refractivity (Wildman–Crippen MR) is 177 cm³/mol. The van der Waals surface area contributed by atoms with Gasteiger partial charge in [-0.15, -0.1) is 0 Å². The van der Waals surface area contributed by atoms with Crippen molar-refractivity contribution in [3.8, 4) is 33.4 Å². The molecular formula is C40H14F12O6. The summed E-state index contributed by atoms with van der Waals surface area (Å²) in [4.78, 5) is 49.7. The van der Waals surface area contributed by atoms with Gasteiger partial charge in [0.15, 0.2) is 0 Å². The maximum atomic E-state index is 15.0. The van der Waals surface area contributed by atoms with Crippen molar-refractivity contribution in [1.29, 1.82) is 0 Å². The number of benzene rings is 6. The maximum Gasteiger partial charge on any atom is 0.417 e. The molecule has 0 fully saturated rings. The molecule has 0 bridgehead atoms. The van der Waals surface area contributed by atoms with Gasteiger partial charge in [0, 0.05) is 10.8 Å². The molecule has 0 aliphatic carbocycles. The Morgan fingerprint density at radius 3 is 0.828 bits per heavy atom. The summed E-state index contributed by atoms with van der Waals surface area (Å²) < 4.78 is 189. The van der Waals surface area contributed by atoms with Crippen molar-refractivity contribution < 1.29 is 81.3 Å². The number of ether oxygens (including phenoxy) is 2. The van der Waals surface area contributed by atoms with Gasteiger partial charge < -0.3 is 9.47 Å². The molecule has 0 radical (unpaired) electrons. The second-order valence-electron chi connectivity index (χ2n) is 13.0. The highest BCUT2D eigenvalue weighted by Crippen LogP contribution is 2.52. The Bertz CT molecular complexity index is 2630. The predicted octanol–water partition coefficient (Wildman–Crippen LogP) is 11.7. The molecule has 0 N–H and O–H groups in total. The Morgan fingerprint density at radius 1 is 0.310 bits per heavy atom. The van der Waals surface area contributed by atoms with Crippen LogP contribution in [0, 0.1) is 0 Å². The topological polar surface area (TPSA) is 86.7 Å². The first kappa shape index (κ1) is 38.2. The highest BCUT2D eigenvalue weighted by molar-refractivity contribution is 6.24. The number of esters is 4. The standard InChI is InChI=1S/C40H14F12O6/c41-37(42,43)27-13-25(29(39(47,48)49)11-23(27)15-7-9-21-31-17(15)3-1-5-19(31)33(53)57-35(21)55)26-14-28(38(44,45)46)24(12-30(26)40(50,51)52)16-8-10-22-32-18(16)4-2-6-20(32)34(54)58-36(22)56/h1-14H. The molecule has 2 aliphatic rings. The summed E-state index contributed by atoms with van der Waals surface area (Å²) in [5, 5.41) is -1.31. The first-order valence-electron chi connectivity index (χ1n) is 16.3.